The fourth-order valence-corrected chi connectivity index (χ4v) is 3.77. The summed E-state index contributed by atoms with van der Waals surface area (Å²) in [6.45, 7) is 9.34. The molecule has 0 aromatic carbocycles. The zero-order chi connectivity index (χ0) is 20.5. The summed E-state index contributed by atoms with van der Waals surface area (Å²) in [6, 6.07) is 5.35. The van der Waals surface area contributed by atoms with Gasteiger partial charge >= 0.3 is 0 Å². The van der Waals surface area contributed by atoms with Crippen LogP contribution in [0.25, 0.3) is 22.4 Å². The average molecular weight is 393 g/mol. The third-order valence-corrected chi connectivity index (χ3v) is 5.02. The highest BCUT2D eigenvalue weighted by atomic mass is 19.1. The lowest BCUT2D eigenvalue weighted by Crippen LogP contribution is -2.46. The van der Waals surface area contributed by atoms with E-state index in [0.717, 1.165) is 46.7 Å². The van der Waals surface area contributed by atoms with Crippen LogP contribution < -0.4 is 4.90 Å². The van der Waals surface area contributed by atoms with Crippen LogP contribution in [0.5, 0.6) is 0 Å². The van der Waals surface area contributed by atoms with Gasteiger partial charge in [0.1, 0.15) is 0 Å². The average Bonchev–Trinajstić information content (AvgIpc) is 2.67. The number of aryl methyl sites for hydroxylation is 2. The minimum atomic E-state index is -0.502. The molecule has 0 bridgehead atoms. The largest absolute Gasteiger partial charge is 0.372 e. The third kappa shape index (κ3) is 4.10. The van der Waals surface area contributed by atoms with Gasteiger partial charge in [-0.25, -0.2) is 15.0 Å². The second-order valence-corrected chi connectivity index (χ2v) is 7.60. The Morgan fingerprint density at radius 2 is 1.72 bits per heavy atom. The molecule has 1 aliphatic heterocycles. The number of hydrogen-bond acceptors (Lipinski definition) is 6. The Balaban J connectivity index is 1.86. The number of ether oxygens (including phenoxy) is 1. The Bertz CT molecular complexity index is 1030. The molecule has 0 saturated carbocycles. The highest BCUT2D eigenvalue weighted by Crippen LogP contribution is 2.33. The van der Waals surface area contributed by atoms with Crippen LogP contribution in [-0.4, -0.2) is 45.2 Å². The molecule has 7 heteroatoms. The van der Waals surface area contributed by atoms with Crippen molar-refractivity contribution in [2.45, 2.75) is 39.9 Å². The molecule has 3 aromatic rings. The lowest BCUT2D eigenvalue weighted by Gasteiger charge is -2.35. The monoisotopic (exact) mass is 393 g/mol. The molecule has 1 fully saturated rings. The molecule has 0 aliphatic carbocycles. The molecule has 1 saturated heterocycles. The van der Waals surface area contributed by atoms with Crippen LogP contribution in [0.15, 0.2) is 36.8 Å². The molecule has 150 valence electrons. The number of anilines is 1. The first-order valence-corrected chi connectivity index (χ1v) is 9.73. The first-order chi connectivity index (χ1) is 13.9. The van der Waals surface area contributed by atoms with Crippen molar-refractivity contribution in [3.05, 3.63) is 54.0 Å². The predicted octanol–water partition coefficient (Wildman–Crippen LogP) is 3.97. The smallest absolute Gasteiger partial charge is 0.226 e. The Kier molecular flexibility index (Phi) is 5.24. The van der Waals surface area contributed by atoms with Crippen LogP contribution >= 0.6 is 0 Å². The maximum absolute atomic E-state index is 13.6. The van der Waals surface area contributed by atoms with Crippen LogP contribution in [0.4, 0.5) is 10.3 Å². The number of rotatable bonds is 3. The number of hydrogen-bond donors (Lipinski definition) is 0. The first kappa shape index (κ1) is 19.4. The summed E-state index contributed by atoms with van der Waals surface area (Å²) in [4.78, 5) is 19.8. The van der Waals surface area contributed by atoms with Gasteiger partial charge in [0.05, 0.1) is 17.9 Å². The second-order valence-electron chi connectivity index (χ2n) is 7.60. The van der Waals surface area contributed by atoms with E-state index >= 15 is 0 Å². The summed E-state index contributed by atoms with van der Waals surface area (Å²) < 4.78 is 19.5. The van der Waals surface area contributed by atoms with Gasteiger partial charge in [-0.1, -0.05) is 0 Å². The molecule has 0 spiro atoms. The summed E-state index contributed by atoms with van der Waals surface area (Å²) >= 11 is 0. The molecule has 0 amide bonds. The molecule has 0 radical (unpaired) electrons. The van der Waals surface area contributed by atoms with Gasteiger partial charge in [-0.15, -0.1) is 0 Å². The third-order valence-electron chi connectivity index (χ3n) is 5.02. The molecular formula is C22H24FN5O. The highest BCUT2D eigenvalue weighted by Gasteiger charge is 2.25. The molecule has 2 atom stereocenters. The molecule has 2 unspecified atom stereocenters. The quantitative estimate of drug-likeness (QED) is 0.628. The Morgan fingerprint density at radius 1 is 1.00 bits per heavy atom. The maximum Gasteiger partial charge on any atom is 0.226 e. The van der Waals surface area contributed by atoms with E-state index in [1.165, 1.54) is 6.07 Å². The van der Waals surface area contributed by atoms with E-state index in [1.807, 2.05) is 46.0 Å². The number of aromatic nitrogens is 4. The summed E-state index contributed by atoms with van der Waals surface area (Å²) in [5, 5.41) is 0. The van der Waals surface area contributed by atoms with E-state index in [0.29, 0.717) is 5.95 Å². The summed E-state index contributed by atoms with van der Waals surface area (Å²) in [5.74, 6) is 0.137. The van der Waals surface area contributed by atoms with E-state index in [-0.39, 0.29) is 12.2 Å². The normalized spacial score (nSPS) is 19.4. The molecular weight excluding hydrogens is 369 g/mol. The second kappa shape index (κ2) is 7.83. The topological polar surface area (TPSA) is 64.0 Å². The van der Waals surface area contributed by atoms with Crippen molar-refractivity contribution >= 4 is 5.95 Å². The van der Waals surface area contributed by atoms with Crippen LogP contribution in [0.1, 0.15) is 25.1 Å². The molecule has 6 nitrogen and oxygen atoms in total. The van der Waals surface area contributed by atoms with Crippen LogP contribution in [0.2, 0.25) is 0 Å². The molecule has 3 aromatic heterocycles. The Morgan fingerprint density at radius 3 is 2.41 bits per heavy atom. The van der Waals surface area contributed by atoms with Crippen molar-refractivity contribution in [2.24, 2.45) is 0 Å². The van der Waals surface area contributed by atoms with Gasteiger partial charge < -0.3 is 9.64 Å². The molecule has 1 aliphatic rings. The predicted molar refractivity (Wildman–Crippen MR) is 110 cm³/mol. The van der Waals surface area contributed by atoms with Crippen LogP contribution in [0.3, 0.4) is 0 Å². The van der Waals surface area contributed by atoms with Crippen molar-refractivity contribution in [3.8, 4) is 22.4 Å². The van der Waals surface area contributed by atoms with Gasteiger partial charge in [-0.2, -0.15) is 4.39 Å². The fraction of sp³-hybridized carbons (Fsp3) is 0.364. The number of pyridine rings is 2. The summed E-state index contributed by atoms with van der Waals surface area (Å²) in [6.07, 6.45) is 5.34. The van der Waals surface area contributed by atoms with Crippen molar-refractivity contribution in [2.75, 3.05) is 18.0 Å². The highest BCUT2D eigenvalue weighted by molar-refractivity contribution is 5.82. The van der Waals surface area contributed by atoms with Crippen LogP contribution in [-0.2, 0) is 4.74 Å². The molecule has 29 heavy (non-hydrogen) atoms. The van der Waals surface area contributed by atoms with Crippen molar-refractivity contribution in [1.29, 1.82) is 0 Å². The van der Waals surface area contributed by atoms with E-state index in [1.54, 1.807) is 12.4 Å². The zero-order valence-corrected chi connectivity index (χ0v) is 17.1. The van der Waals surface area contributed by atoms with Crippen LogP contribution in [0, 0.1) is 19.8 Å². The zero-order valence-electron chi connectivity index (χ0n) is 17.1. The fourth-order valence-electron chi connectivity index (χ4n) is 3.77. The van der Waals surface area contributed by atoms with Gasteiger partial charge in [0.15, 0.2) is 0 Å². The lowest BCUT2D eigenvalue weighted by atomic mass is 9.99. The van der Waals surface area contributed by atoms with Gasteiger partial charge in [-0.3, -0.25) is 4.98 Å². The minimum Gasteiger partial charge on any atom is -0.372 e. The maximum atomic E-state index is 13.6. The Labute approximate surface area is 169 Å². The van der Waals surface area contributed by atoms with Gasteiger partial charge in [-0.05, 0) is 57.0 Å². The SMILES string of the molecule is Cc1cc(-c2cnc(N3CC(C)OC(C)C3)nc2-c2cnc(F)cc2C)ccn1. The number of halogens is 1. The number of nitrogens with zero attached hydrogens (tertiary/aromatic N) is 5. The Hall–Kier alpha value is -2.93. The van der Waals surface area contributed by atoms with Crippen molar-refractivity contribution in [3.63, 3.8) is 0 Å². The molecule has 4 rings (SSSR count). The number of morpholine rings is 1. The van der Waals surface area contributed by atoms with Crippen molar-refractivity contribution in [1.82, 2.24) is 19.9 Å². The van der Waals surface area contributed by atoms with E-state index in [2.05, 4.69) is 19.9 Å². The van der Waals surface area contributed by atoms with Gasteiger partial charge in [0.2, 0.25) is 11.9 Å². The summed E-state index contributed by atoms with van der Waals surface area (Å²) in [7, 11) is 0. The van der Waals surface area contributed by atoms with Gasteiger partial charge in [0.25, 0.3) is 0 Å². The summed E-state index contributed by atoms with van der Waals surface area (Å²) in [5.41, 5.74) is 5.03. The standard InChI is InChI=1S/C22H24FN5O/c1-13-7-20(23)25-9-18(13)21-19(17-5-6-24-14(2)8-17)10-26-22(27-21)28-11-15(3)29-16(4)12-28/h5-10,15-16H,11-12H2,1-4H3. The van der Waals surface area contributed by atoms with Crippen molar-refractivity contribution < 1.29 is 9.13 Å². The van der Waals surface area contributed by atoms with E-state index < -0.39 is 5.95 Å². The van der Waals surface area contributed by atoms with E-state index in [4.69, 9.17) is 9.72 Å². The molecule has 4 heterocycles. The molecule has 0 N–H and O–H groups in total. The first-order valence-electron chi connectivity index (χ1n) is 9.73. The lowest BCUT2D eigenvalue weighted by molar-refractivity contribution is -0.00571. The van der Waals surface area contributed by atoms with E-state index in [9.17, 15) is 4.39 Å². The van der Waals surface area contributed by atoms with Gasteiger partial charge in [0, 0.05) is 48.5 Å². The minimum absolute atomic E-state index is 0.0996.